The summed E-state index contributed by atoms with van der Waals surface area (Å²) in [5, 5.41) is 0. The Bertz CT molecular complexity index is 1130. The van der Waals surface area contributed by atoms with E-state index in [1.807, 2.05) is 19.1 Å². The van der Waals surface area contributed by atoms with Gasteiger partial charge in [-0.05, 0) is 37.3 Å². The number of sulfonamides is 1. The van der Waals surface area contributed by atoms with Gasteiger partial charge in [0.2, 0.25) is 4.80 Å². The number of fused-ring (bicyclic) bond motifs is 1. The van der Waals surface area contributed by atoms with Gasteiger partial charge in [0, 0.05) is 0 Å². The highest BCUT2D eigenvalue weighted by atomic mass is 32.2. The first kappa shape index (κ1) is 17.3. The quantitative estimate of drug-likeness (QED) is 0.662. The molecule has 1 aromatic heterocycles. The van der Waals surface area contributed by atoms with E-state index in [1.54, 1.807) is 42.0 Å². The zero-order valence-electron chi connectivity index (χ0n) is 13.8. The molecule has 0 aliphatic carbocycles. The number of methoxy groups -OCH3 is 1. The summed E-state index contributed by atoms with van der Waals surface area (Å²) < 4.78 is 37.0. The Hall–Kier alpha value is -2.56. The molecule has 0 N–H and O–H groups in total. The van der Waals surface area contributed by atoms with Crippen LogP contribution in [0.5, 0.6) is 5.75 Å². The molecule has 0 radical (unpaired) electrons. The first-order valence-electron chi connectivity index (χ1n) is 7.43. The minimum atomic E-state index is -3.82. The fraction of sp³-hybridized carbons (Fsp3) is 0.167. The van der Waals surface area contributed by atoms with Gasteiger partial charge in [-0.15, -0.1) is 10.8 Å². The Kier molecular flexibility index (Phi) is 4.66. The van der Waals surface area contributed by atoms with Crippen molar-refractivity contribution in [3.63, 3.8) is 0 Å². The van der Waals surface area contributed by atoms with Crippen molar-refractivity contribution in [2.45, 2.75) is 18.4 Å². The van der Waals surface area contributed by atoms with Gasteiger partial charge in [-0.2, -0.15) is 8.42 Å². The average Bonchev–Trinajstić information content (AvgIpc) is 2.91. The largest absolute Gasteiger partial charge is 0.497 e. The molecular weight excluding hydrogens is 356 g/mol. The summed E-state index contributed by atoms with van der Waals surface area (Å²) in [6, 6.07) is 12.1. The van der Waals surface area contributed by atoms with Crippen molar-refractivity contribution in [2.75, 3.05) is 7.11 Å². The van der Waals surface area contributed by atoms with E-state index in [-0.39, 0.29) is 11.4 Å². The van der Waals surface area contributed by atoms with Crippen LogP contribution in [-0.2, 0) is 16.6 Å². The Balaban J connectivity index is 2.22. The summed E-state index contributed by atoms with van der Waals surface area (Å²) in [4.78, 5) is 0.488. The molecule has 0 unspecified atom stereocenters. The molecule has 128 valence electrons. The van der Waals surface area contributed by atoms with E-state index in [4.69, 9.17) is 11.2 Å². The van der Waals surface area contributed by atoms with Crippen LogP contribution in [0.1, 0.15) is 5.56 Å². The molecule has 0 saturated carbocycles. The second kappa shape index (κ2) is 6.75. The highest BCUT2D eigenvalue weighted by Gasteiger charge is 2.14. The summed E-state index contributed by atoms with van der Waals surface area (Å²) in [5.41, 5.74) is 1.80. The van der Waals surface area contributed by atoms with Crippen molar-refractivity contribution in [1.82, 2.24) is 4.57 Å². The van der Waals surface area contributed by atoms with Gasteiger partial charge < -0.3 is 9.30 Å². The van der Waals surface area contributed by atoms with Crippen molar-refractivity contribution in [3.8, 4) is 18.1 Å². The highest BCUT2D eigenvalue weighted by molar-refractivity contribution is 7.90. The molecule has 0 atom stereocenters. The van der Waals surface area contributed by atoms with E-state index >= 15 is 0 Å². The van der Waals surface area contributed by atoms with Crippen LogP contribution in [0.15, 0.2) is 51.8 Å². The number of benzene rings is 2. The van der Waals surface area contributed by atoms with Gasteiger partial charge in [0.25, 0.3) is 10.0 Å². The number of rotatable bonds is 4. The van der Waals surface area contributed by atoms with Crippen molar-refractivity contribution in [2.24, 2.45) is 4.40 Å². The summed E-state index contributed by atoms with van der Waals surface area (Å²) >= 11 is 1.26. The standard InChI is InChI=1S/C18H16N2O3S2/c1-4-11-20-16-10-7-14(23-3)12-17(16)24-18(20)19-25(21,22)15-8-5-13(2)6-9-15/h1,5-10,12H,11H2,2-3H3/b19-18-. The maximum Gasteiger partial charge on any atom is 0.285 e. The molecule has 25 heavy (non-hydrogen) atoms. The number of terminal acetylenes is 1. The molecular formula is C18H16N2O3S2. The molecule has 3 rings (SSSR count). The van der Waals surface area contributed by atoms with Gasteiger partial charge in [0.05, 0.1) is 28.8 Å². The Morgan fingerprint density at radius 3 is 2.60 bits per heavy atom. The van der Waals surface area contributed by atoms with Gasteiger partial charge in [0.15, 0.2) is 0 Å². The molecule has 0 spiro atoms. The maximum absolute atomic E-state index is 12.6. The third-order valence-corrected chi connectivity index (χ3v) is 6.09. The second-order valence-electron chi connectivity index (χ2n) is 5.39. The number of ether oxygens (including phenoxy) is 1. The van der Waals surface area contributed by atoms with E-state index < -0.39 is 10.0 Å². The normalized spacial score (nSPS) is 12.3. The predicted octanol–water partition coefficient (Wildman–Crippen LogP) is 2.94. The topological polar surface area (TPSA) is 60.7 Å². The molecule has 0 aliphatic rings. The van der Waals surface area contributed by atoms with Crippen LogP contribution in [0.4, 0.5) is 0 Å². The third-order valence-electron chi connectivity index (χ3n) is 3.66. The molecule has 0 amide bonds. The number of hydrogen-bond donors (Lipinski definition) is 0. The first-order valence-corrected chi connectivity index (χ1v) is 9.69. The average molecular weight is 372 g/mol. The van der Waals surface area contributed by atoms with E-state index in [2.05, 4.69) is 10.3 Å². The lowest BCUT2D eigenvalue weighted by atomic mass is 10.2. The maximum atomic E-state index is 12.6. The van der Waals surface area contributed by atoms with E-state index in [1.165, 1.54) is 11.3 Å². The summed E-state index contributed by atoms with van der Waals surface area (Å²) in [6.45, 7) is 2.13. The summed E-state index contributed by atoms with van der Waals surface area (Å²) in [7, 11) is -2.24. The first-order chi connectivity index (χ1) is 11.9. The van der Waals surface area contributed by atoms with E-state index in [9.17, 15) is 8.42 Å². The Labute approximate surface area is 150 Å². The molecule has 0 fully saturated rings. The number of hydrogen-bond acceptors (Lipinski definition) is 4. The van der Waals surface area contributed by atoms with Crippen LogP contribution in [-0.4, -0.2) is 20.1 Å². The lowest BCUT2D eigenvalue weighted by molar-refractivity contribution is 0.415. The van der Waals surface area contributed by atoms with Gasteiger partial charge in [-0.1, -0.05) is 35.0 Å². The van der Waals surface area contributed by atoms with E-state index in [0.717, 1.165) is 15.8 Å². The Morgan fingerprint density at radius 1 is 1.24 bits per heavy atom. The van der Waals surface area contributed by atoms with Crippen molar-refractivity contribution < 1.29 is 13.2 Å². The monoisotopic (exact) mass is 372 g/mol. The van der Waals surface area contributed by atoms with Crippen LogP contribution in [0.2, 0.25) is 0 Å². The SMILES string of the molecule is C#CCn1/c(=N/S(=O)(=O)c2ccc(C)cc2)sc2cc(OC)ccc21. The van der Waals surface area contributed by atoms with Crippen LogP contribution in [0.25, 0.3) is 10.2 Å². The summed E-state index contributed by atoms with van der Waals surface area (Å²) in [6.07, 6.45) is 5.45. The zero-order valence-corrected chi connectivity index (χ0v) is 15.4. The van der Waals surface area contributed by atoms with Gasteiger partial charge in [-0.3, -0.25) is 0 Å². The fourth-order valence-electron chi connectivity index (χ4n) is 2.36. The van der Waals surface area contributed by atoms with Crippen molar-refractivity contribution in [3.05, 3.63) is 52.8 Å². The number of aromatic nitrogens is 1. The number of nitrogens with zero attached hydrogens (tertiary/aromatic N) is 2. The highest BCUT2D eigenvalue weighted by Crippen LogP contribution is 2.23. The molecule has 3 aromatic rings. The van der Waals surface area contributed by atoms with Crippen LogP contribution in [0.3, 0.4) is 0 Å². The van der Waals surface area contributed by atoms with Gasteiger partial charge >= 0.3 is 0 Å². The molecule has 0 saturated heterocycles. The smallest absolute Gasteiger partial charge is 0.285 e. The zero-order chi connectivity index (χ0) is 18.0. The fourth-order valence-corrected chi connectivity index (χ4v) is 4.62. The number of aryl methyl sites for hydroxylation is 1. The molecule has 1 heterocycles. The minimum absolute atomic E-state index is 0.153. The molecule has 5 nitrogen and oxygen atoms in total. The van der Waals surface area contributed by atoms with Crippen molar-refractivity contribution in [1.29, 1.82) is 0 Å². The van der Waals surface area contributed by atoms with Gasteiger partial charge in [0.1, 0.15) is 5.75 Å². The lowest BCUT2D eigenvalue weighted by Gasteiger charge is -2.02. The number of thiazole rings is 1. The molecule has 7 heteroatoms. The molecule has 0 aliphatic heterocycles. The minimum Gasteiger partial charge on any atom is -0.497 e. The Morgan fingerprint density at radius 2 is 1.96 bits per heavy atom. The third kappa shape index (κ3) is 3.45. The molecule has 2 aromatic carbocycles. The van der Waals surface area contributed by atoms with Crippen molar-refractivity contribution >= 4 is 31.6 Å². The molecule has 0 bridgehead atoms. The van der Waals surface area contributed by atoms with Crippen LogP contribution >= 0.6 is 11.3 Å². The summed E-state index contributed by atoms with van der Waals surface area (Å²) in [5.74, 6) is 3.24. The van der Waals surface area contributed by atoms with Gasteiger partial charge in [-0.25, -0.2) is 0 Å². The lowest BCUT2D eigenvalue weighted by Crippen LogP contribution is -2.16. The predicted molar refractivity (Wildman–Crippen MR) is 99.1 cm³/mol. The van der Waals surface area contributed by atoms with Crippen LogP contribution in [0, 0.1) is 19.3 Å². The second-order valence-corrected chi connectivity index (χ2v) is 8.00. The van der Waals surface area contributed by atoms with Crippen LogP contribution < -0.4 is 9.54 Å². The van der Waals surface area contributed by atoms with E-state index in [0.29, 0.717) is 10.6 Å².